The molecule has 0 aliphatic heterocycles. The summed E-state index contributed by atoms with van der Waals surface area (Å²) in [6.07, 6.45) is 3.19. The molecule has 1 aromatic rings. The van der Waals surface area contributed by atoms with E-state index >= 15 is 0 Å². The minimum atomic E-state index is -0.102. The molecule has 3 nitrogen and oxygen atoms in total. The predicted molar refractivity (Wildman–Crippen MR) is 45.7 cm³/mol. The minimum Gasteiger partial charge on any atom is -0.347 e. The minimum absolute atomic E-state index is 0.102. The highest BCUT2D eigenvalue weighted by atomic mass is 16.1. The van der Waals surface area contributed by atoms with Crippen LogP contribution in [0.3, 0.4) is 0 Å². The molecule has 1 aromatic heterocycles. The maximum Gasteiger partial charge on any atom is 0.271 e. The first-order chi connectivity index (χ1) is 5.25. The standard InChI is InChI=1S/C8H10N2O/c1-3-10(2)7-5-4-6-9-8(7)11/h3-6H,1H2,2H3,(H,9,11). The summed E-state index contributed by atoms with van der Waals surface area (Å²) in [6.45, 7) is 3.55. The van der Waals surface area contributed by atoms with Gasteiger partial charge in [0.25, 0.3) is 5.56 Å². The number of nitrogens with one attached hydrogen (secondary N) is 1. The molecule has 11 heavy (non-hydrogen) atoms. The molecule has 0 fully saturated rings. The topological polar surface area (TPSA) is 36.1 Å². The average molecular weight is 150 g/mol. The van der Waals surface area contributed by atoms with Gasteiger partial charge in [-0.1, -0.05) is 6.58 Å². The quantitative estimate of drug-likeness (QED) is 0.681. The van der Waals surface area contributed by atoms with Crippen LogP contribution >= 0.6 is 0 Å². The summed E-state index contributed by atoms with van der Waals surface area (Å²) in [5, 5.41) is 0. The molecule has 0 saturated heterocycles. The number of H-pyrrole nitrogens is 1. The van der Waals surface area contributed by atoms with Crippen molar-refractivity contribution in [3.63, 3.8) is 0 Å². The van der Waals surface area contributed by atoms with Gasteiger partial charge in [0.15, 0.2) is 0 Å². The lowest BCUT2D eigenvalue weighted by atomic mass is 10.4. The van der Waals surface area contributed by atoms with Crippen molar-refractivity contribution in [2.45, 2.75) is 0 Å². The van der Waals surface area contributed by atoms with Crippen molar-refractivity contribution in [1.29, 1.82) is 0 Å². The van der Waals surface area contributed by atoms with E-state index in [4.69, 9.17) is 0 Å². The summed E-state index contributed by atoms with van der Waals surface area (Å²) in [7, 11) is 1.78. The third-order valence-corrected chi connectivity index (χ3v) is 1.45. The molecule has 0 aliphatic rings. The average Bonchev–Trinajstić information content (AvgIpc) is 2.04. The van der Waals surface area contributed by atoms with Gasteiger partial charge in [-0.2, -0.15) is 0 Å². The van der Waals surface area contributed by atoms with E-state index in [2.05, 4.69) is 11.6 Å². The van der Waals surface area contributed by atoms with Crippen LogP contribution in [0.4, 0.5) is 5.69 Å². The number of hydrogen-bond donors (Lipinski definition) is 1. The molecule has 0 aromatic carbocycles. The summed E-state index contributed by atoms with van der Waals surface area (Å²) < 4.78 is 0. The highest BCUT2D eigenvalue weighted by Crippen LogP contribution is 2.02. The fraction of sp³-hybridized carbons (Fsp3) is 0.125. The molecule has 58 valence electrons. The number of aromatic nitrogens is 1. The van der Waals surface area contributed by atoms with Gasteiger partial charge in [0, 0.05) is 13.2 Å². The van der Waals surface area contributed by atoms with Crippen molar-refractivity contribution >= 4 is 5.69 Å². The lowest BCUT2D eigenvalue weighted by Crippen LogP contribution is -2.18. The molecule has 0 bridgehead atoms. The van der Waals surface area contributed by atoms with Crippen LogP contribution in [0.2, 0.25) is 0 Å². The lowest BCUT2D eigenvalue weighted by molar-refractivity contribution is 1.13. The molecule has 1 rings (SSSR count). The van der Waals surface area contributed by atoms with E-state index in [9.17, 15) is 4.79 Å². The van der Waals surface area contributed by atoms with E-state index in [0.29, 0.717) is 5.69 Å². The Hall–Kier alpha value is -1.51. The maximum atomic E-state index is 11.1. The Balaban J connectivity index is 3.13. The third kappa shape index (κ3) is 1.49. The van der Waals surface area contributed by atoms with Crippen molar-refractivity contribution in [1.82, 2.24) is 4.98 Å². The molecular formula is C8H10N2O. The van der Waals surface area contributed by atoms with Crippen molar-refractivity contribution < 1.29 is 0 Å². The van der Waals surface area contributed by atoms with E-state index < -0.39 is 0 Å². The third-order valence-electron chi connectivity index (χ3n) is 1.45. The number of anilines is 1. The van der Waals surface area contributed by atoms with E-state index in [1.165, 1.54) is 0 Å². The zero-order valence-corrected chi connectivity index (χ0v) is 6.37. The van der Waals surface area contributed by atoms with Crippen LogP contribution in [0.5, 0.6) is 0 Å². The van der Waals surface area contributed by atoms with Gasteiger partial charge in [-0.25, -0.2) is 0 Å². The molecule has 0 amide bonds. The monoisotopic (exact) mass is 150 g/mol. The fourth-order valence-electron chi connectivity index (χ4n) is 0.789. The van der Waals surface area contributed by atoms with Crippen molar-refractivity contribution in [3.05, 3.63) is 41.5 Å². The van der Waals surface area contributed by atoms with E-state index in [0.717, 1.165) is 0 Å². The second kappa shape index (κ2) is 3.05. The van der Waals surface area contributed by atoms with Crippen molar-refractivity contribution in [2.24, 2.45) is 0 Å². The van der Waals surface area contributed by atoms with Gasteiger partial charge in [0.05, 0.1) is 0 Å². The largest absolute Gasteiger partial charge is 0.347 e. The number of pyridine rings is 1. The van der Waals surface area contributed by atoms with Crippen LogP contribution in [0.15, 0.2) is 35.9 Å². The number of aromatic amines is 1. The smallest absolute Gasteiger partial charge is 0.271 e. The Labute approximate surface area is 65.0 Å². The molecule has 0 saturated carbocycles. The summed E-state index contributed by atoms with van der Waals surface area (Å²) in [5.41, 5.74) is 0.498. The molecule has 1 heterocycles. The van der Waals surface area contributed by atoms with Crippen LogP contribution in [-0.4, -0.2) is 12.0 Å². The second-order valence-corrected chi connectivity index (χ2v) is 2.18. The van der Waals surface area contributed by atoms with Crippen LogP contribution < -0.4 is 10.5 Å². The normalized spacial score (nSPS) is 9.18. The summed E-state index contributed by atoms with van der Waals surface area (Å²) in [5.74, 6) is 0. The van der Waals surface area contributed by atoms with Gasteiger partial charge < -0.3 is 9.88 Å². The Kier molecular flexibility index (Phi) is 2.11. The van der Waals surface area contributed by atoms with Crippen LogP contribution in [0.1, 0.15) is 0 Å². The molecular weight excluding hydrogens is 140 g/mol. The first kappa shape index (κ1) is 7.60. The highest BCUT2D eigenvalue weighted by molar-refractivity contribution is 5.45. The summed E-state index contributed by atoms with van der Waals surface area (Å²) in [4.78, 5) is 15.3. The lowest BCUT2D eigenvalue weighted by Gasteiger charge is -2.10. The van der Waals surface area contributed by atoms with Gasteiger partial charge in [-0.05, 0) is 18.3 Å². The van der Waals surface area contributed by atoms with Crippen LogP contribution in [-0.2, 0) is 0 Å². The second-order valence-electron chi connectivity index (χ2n) is 2.18. The molecule has 0 aliphatic carbocycles. The van der Waals surface area contributed by atoms with E-state index in [-0.39, 0.29) is 5.56 Å². The maximum absolute atomic E-state index is 11.1. The zero-order chi connectivity index (χ0) is 8.27. The Morgan fingerprint density at radius 1 is 1.73 bits per heavy atom. The number of nitrogens with zero attached hydrogens (tertiary/aromatic N) is 1. The van der Waals surface area contributed by atoms with E-state index in [1.807, 2.05) is 0 Å². The zero-order valence-electron chi connectivity index (χ0n) is 6.37. The molecule has 0 radical (unpaired) electrons. The Bertz CT molecular complexity index is 303. The van der Waals surface area contributed by atoms with Gasteiger partial charge in [-0.15, -0.1) is 0 Å². The number of rotatable bonds is 2. The van der Waals surface area contributed by atoms with E-state index in [1.54, 1.807) is 36.5 Å². The first-order valence-electron chi connectivity index (χ1n) is 3.29. The van der Waals surface area contributed by atoms with Gasteiger partial charge >= 0.3 is 0 Å². The first-order valence-corrected chi connectivity index (χ1v) is 3.29. The summed E-state index contributed by atoms with van der Waals surface area (Å²) in [6, 6.07) is 3.51. The van der Waals surface area contributed by atoms with Crippen molar-refractivity contribution in [3.8, 4) is 0 Å². The van der Waals surface area contributed by atoms with Crippen molar-refractivity contribution in [2.75, 3.05) is 11.9 Å². The molecule has 0 spiro atoms. The molecule has 0 unspecified atom stereocenters. The van der Waals surface area contributed by atoms with Crippen LogP contribution in [0, 0.1) is 0 Å². The van der Waals surface area contributed by atoms with Gasteiger partial charge in [0.1, 0.15) is 5.69 Å². The van der Waals surface area contributed by atoms with Gasteiger partial charge in [-0.3, -0.25) is 4.79 Å². The Morgan fingerprint density at radius 3 is 3.00 bits per heavy atom. The van der Waals surface area contributed by atoms with Crippen LogP contribution in [0.25, 0.3) is 0 Å². The highest BCUT2D eigenvalue weighted by Gasteiger charge is 1.98. The Morgan fingerprint density at radius 2 is 2.45 bits per heavy atom. The number of hydrogen-bond acceptors (Lipinski definition) is 2. The fourth-order valence-corrected chi connectivity index (χ4v) is 0.789. The molecule has 3 heteroatoms. The predicted octanol–water partition coefficient (Wildman–Crippen LogP) is 0.955. The van der Waals surface area contributed by atoms with Gasteiger partial charge in [0.2, 0.25) is 0 Å². The molecule has 0 atom stereocenters. The molecule has 1 N–H and O–H groups in total. The SMILES string of the molecule is C=CN(C)c1ccc[nH]c1=O. The summed E-state index contributed by atoms with van der Waals surface area (Å²) >= 11 is 0.